The molecular formula is C22H23FN4O. The van der Waals surface area contributed by atoms with Crippen LogP contribution in [0.2, 0.25) is 0 Å². The molecule has 0 bridgehead atoms. The summed E-state index contributed by atoms with van der Waals surface area (Å²) in [5, 5.41) is 8.20. The summed E-state index contributed by atoms with van der Waals surface area (Å²) in [5.41, 5.74) is 5.05. The molecule has 0 unspecified atom stereocenters. The molecule has 0 aliphatic carbocycles. The van der Waals surface area contributed by atoms with Crippen molar-refractivity contribution in [2.75, 3.05) is 11.9 Å². The van der Waals surface area contributed by atoms with Crippen LogP contribution in [0.1, 0.15) is 46.8 Å². The molecule has 1 aliphatic heterocycles. The molecule has 1 N–H and O–H groups in total. The fraction of sp³-hybridized carbons (Fsp3) is 0.273. The van der Waals surface area contributed by atoms with Crippen LogP contribution in [-0.2, 0) is 0 Å². The van der Waals surface area contributed by atoms with E-state index in [4.69, 9.17) is 0 Å². The molecule has 2 aromatic carbocycles. The highest BCUT2D eigenvalue weighted by Gasteiger charge is 2.35. The number of fused-ring (bicyclic) bond motifs is 1. The molecule has 3 aromatic rings. The SMILES string of the molecule is CCCN1C(=O)c2ccccc2N[C@@H]1c1c(C)nn(-c2ccc(F)cc2)c1C. The molecule has 0 saturated carbocycles. The number of aryl methyl sites for hydroxylation is 1. The number of anilines is 1. The predicted molar refractivity (Wildman–Crippen MR) is 107 cm³/mol. The van der Waals surface area contributed by atoms with Crippen LogP contribution in [0.25, 0.3) is 5.69 Å². The molecule has 4 rings (SSSR count). The first-order valence-electron chi connectivity index (χ1n) is 9.50. The van der Waals surface area contributed by atoms with Gasteiger partial charge >= 0.3 is 0 Å². The number of benzene rings is 2. The van der Waals surface area contributed by atoms with Gasteiger partial charge in [0.25, 0.3) is 5.91 Å². The van der Waals surface area contributed by atoms with Crippen LogP contribution < -0.4 is 5.32 Å². The van der Waals surface area contributed by atoms with Crippen molar-refractivity contribution in [2.45, 2.75) is 33.4 Å². The van der Waals surface area contributed by atoms with Gasteiger partial charge in [0.15, 0.2) is 0 Å². The molecule has 0 saturated heterocycles. The predicted octanol–water partition coefficient (Wildman–Crippen LogP) is 4.60. The van der Waals surface area contributed by atoms with Crippen molar-refractivity contribution in [2.24, 2.45) is 0 Å². The van der Waals surface area contributed by atoms with Crippen LogP contribution >= 0.6 is 0 Å². The molecule has 0 fully saturated rings. The van der Waals surface area contributed by atoms with Crippen molar-refractivity contribution in [3.05, 3.63) is 76.9 Å². The van der Waals surface area contributed by atoms with Crippen LogP contribution in [0.5, 0.6) is 0 Å². The number of nitrogens with one attached hydrogen (secondary N) is 1. The zero-order valence-corrected chi connectivity index (χ0v) is 16.2. The summed E-state index contributed by atoms with van der Waals surface area (Å²) in [7, 11) is 0. The van der Waals surface area contributed by atoms with Gasteiger partial charge in [-0.25, -0.2) is 9.07 Å². The van der Waals surface area contributed by atoms with Gasteiger partial charge in [0, 0.05) is 23.5 Å². The number of hydrogen-bond acceptors (Lipinski definition) is 3. The van der Waals surface area contributed by atoms with Crippen molar-refractivity contribution < 1.29 is 9.18 Å². The second-order valence-electron chi connectivity index (χ2n) is 7.06. The number of para-hydroxylation sites is 1. The zero-order chi connectivity index (χ0) is 19.8. The molecule has 2 heterocycles. The topological polar surface area (TPSA) is 50.2 Å². The maximum absolute atomic E-state index is 13.3. The van der Waals surface area contributed by atoms with E-state index in [1.807, 2.05) is 43.0 Å². The molecular weight excluding hydrogens is 355 g/mol. The van der Waals surface area contributed by atoms with Gasteiger partial charge in [-0.2, -0.15) is 5.10 Å². The van der Waals surface area contributed by atoms with Crippen LogP contribution in [0.15, 0.2) is 48.5 Å². The van der Waals surface area contributed by atoms with Gasteiger partial charge in [0.1, 0.15) is 12.0 Å². The van der Waals surface area contributed by atoms with Gasteiger partial charge in [-0.1, -0.05) is 19.1 Å². The minimum Gasteiger partial charge on any atom is -0.361 e. The van der Waals surface area contributed by atoms with E-state index in [1.54, 1.807) is 16.8 Å². The van der Waals surface area contributed by atoms with Crippen LogP contribution in [0, 0.1) is 19.7 Å². The molecule has 6 heteroatoms. The van der Waals surface area contributed by atoms with E-state index in [0.717, 1.165) is 34.7 Å². The Morgan fingerprint density at radius 1 is 1.11 bits per heavy atom. The van der Waals surface area contributed by atoms with Crippen molar-refractivity contribution in [3.8, 4) is 5.69 Å². The van der Waals surface area contributed by atoms with E-state index in [0.29, 0.717) is 12.1 Å². The summed E-state index contributed by atoms with van der Waals surface area (Å²) >= 11 is 0. The number of hydrogen-bond donors (Lipinski definition) is 1. The molecule has 144 valence electrons. The van der Waals surface area contributed by atoms with Gasteiger partial charge in [-0.3, -0.25) is 4.79 Å². The first kappa shape index (κ1) is 18.2. The first-order chi connectivity index (χ1) is 13.5. The van der Waals surface area contributed by atoms with Crippen LogP contribution in [0.3, 0.4) is 0 Å². The fourth-order valence-electron chi connectivity index (χ4n) is 3.88. The van der Waals surface area contributed by atoms with Gasteiger partial charge < -0.3 is 10.2 Å². The molecule has 1 aromatic heterocycles. The van der Waals surface area contributed by atoms with Gasteiger partial charge in [0.05, 0.1) is 16.9 Å². The standard InChI is InChI=1S/C22H23FN4O/c1-4-13-26-21(24-19-8-6-5-7-18(19)22(26)28)20-14(2)25-27(15(20)3)17-11-9-16(23)10-12-17/h5-12,21,24H,4,13H2,1-3H3/t21-/m0/s1. The van der Waals surface area contributed by atoms with Gasteiger partial charge in [-0.15, -0.1) is 0 Å². The Morgan fingerprint density at radius 2 is 1.82 bits per heavy atom. The highest BCUT2D eigenvalue weighted by molar-refractivity contribution is 6.01. The second-order valence-corrected chi connectivity index (χ2v) is 7.06. The molecule has 0 spiro atoms. The normalized spacial score (nSPS) is 16.1. The Balaban J connectivity index is 1.81. The number of carbonyl (C=O) groups excluding carboxylic acids is 1. The van der Waals surface area contributed by atoms with Crippen molar-refractivity contribution >= 4 is 11.6 Å². The Morgan fingerprint density at radius 3 is 2.54 bits per heavy atom. The Bertz CT molecular complexity index is 1030. The summed E-state index contributed by atoms with van der Waals surface area (Å²) in [6.45, 7) is 6.63. The first-order valence-corrected chi connectivity index (χ1v) is 9.50. The number of rotatable bonds is 4. The lowest BCUT2D eigenvalue weighted by Crippen LogP contribution is -2.43. The minimum atomic E-state index is -0.295. The number of aromatic nitrogens is 2. The minimum absolute atomic E-state index is 0.0227. The van der Waals surface area contributed by atoms with Crippen molar-refractivity contribution in [3.63, 3.8) is 0 Å². The highest BCUT2D eigenvalue weighted by atomic mass is 19.1. The zero-order valence-electron chi connectivity index (χ0n) is 16.2. The van der Waals surface area contributed by atoms with E-state index < -0.39 is 0 Å². The number of carbonyl (C=O) groups is 1. The lowest BCUT2D eigenvalue weighted by molar-refractivity contribution is 0.0682. The maximum atomic E-state index is 13.3. The van der Waals surface area contributed by atoms with Crippen LogP contribution in [0.4, 0.5) is 10.1 Å². The summed E-state index contributed by atoms with van der Waals surface area (Å²) in [6, 6.07) is 13.8. The molecule has 0 radical (unpaired) electrons. The van der Waals surface area contributed by atoms with E-state index in [1.165, 1.54) is 12.1 Å². The maximum Gasteiger partial charge on any atom is 0.257 e. The summed E-state index contributed by atoms with van der Waals surface area (Å²) in [6.07, 6.45) is 0.563. The lowest BCUT2D eigenvalue weighted by atomic mass is 10.0. The van der Waals surface area contributed by atoms with E-state index in [-0.39, 0.29) is 17.9 Å². The van der Waals surface area contributed by atoms with Crippen molar-refractivity contribution in [1.29, 1.82) is 0 Å². The monoisotopic (exact) mass is 378 g/mol. The summed E-state index contributed by atoms with van der Waals surface area (Å²) < 4.78 is 15.1. The van der Waals surface area contributed by atoms with E-state index in [2.05, 4.69) is 17.3 Å². The summed E-state index contributed by atoms with van der Waals surface area (Å²) in [4.78, 5) is 15.0. The second kappa shape index (κ2) is 7.11. The molecule has 28 heavy (non-hydrogen) atoms. The van der Waals surface area contributed by atoms with Gasteiger partial charge in [-0.05, 0) is 56.7 Å². The molecule has 1 amide bonds. The summed E-state index contributed by atoms with van der Waals surface area (Å²) in [5.74, 6) is -0.259. The van der Waals surface area contributed by atoms with E-state index >= 15 is 0 Å². The average Bonchev–Trinajstić information content (AvgIpc) is 2.99. The number of amides is 1. The van der Waals surface area contributed by atoms with Crippen LogP contribution in [-0.4, -0.2) is 27.1 Å². The smallest absolute Gasteiger partial charge is 0.257 e. The molecule has 1 atom stereocenters. The molecule has 5 nitrogen and oxygen atoms in total. The third-order valence-electron chi connectivity index (χ3n) is 5.18. The lowest BCUT2D eigenvalue weighted by Gasteiger charge is -2.38. The van der Waals surface area contributed by atoms with E-state index in [9.17, 15) is 9.18 Å². The third-order valence-corrected chi connectivity index (χ3v) is 5.18. The molecule has 1 aliphatic rings. The Labute approximate surface area is 163 Å². The number of nitrogens with zero attached hydrogens (tertiary/aromatic N) is 3. The van der Waals surface area contributed by atoms with Crippen molar-refractivity contribution in [1.82, 2.24) is 14.7 Å². The highest BCUT2D eigenvalue weighted by Crippen LogP contribution is 2.36. The fourth-order valence-corrected chi connectivity index (χ4v) is 3.88. The third kappa shape index (κ3) is 2.95. The Kier molecular flexibility index (Phi) is 4.63. The largest absolute Gasteiger partial charge is 0.361 e. The average molecular weight is 378 g/mol. The number of halogens is 1. The quantitative estimate of drug-likeness (QED) is 0.722. The van der Waals surface area contributed by atoms with Gasteiger partial charge in [0.2, 0.25) is 0 Å². The Hall–Kier alpha value is -3.15.